The molecule has 0 atom stereocenters. The van der Waals surface area contributed by atoms with Gasteiger partial charge >= 0.3 is 12.1 Å². The Hall–Kier alpha value is -4.13. The summed E-state index contributed by atoms with van der Waals surface area (Å²) < 4.78 is 5.46. The van der Waals surface area contributed by atoms with Crippen molar-refractivity contribution >= 4 is 23.7 Å². The molecule has 0 radical (unpaired) electrons. The largest absolute Gasteiger partial charge is 0.481 e. The Morgan fingerprint density at radius 1 is 0.879 bits per heavy atom. The van der Waals surface area contributed by atoms with Crippen LogP contribution in [0.5, 0.6) is 0 Å². The number of ether oxygens (including phenoxy) is 1. The van der Waals surface area contributed by atoms with Gasteiger partial charge in [0.2, 0.25) is 5.91 Å². The van der Waals surface area contributed by atoms with Gasteiger partial charge in [-0.25, -0.2) is 4.79 Å². The van der Waals surface area contributed by atoms with E-state index in [4.69, 9.17) is 9.84 Å². The van der Waals surface area contributed by atoms with Gasteiger partial charge in [0.1, 0.15) is 6.61 Å². The third-order valence-electron chi connectivity index (χ3n) is 5.53. The summed E-state index contributed by atoms with van der Waals surface area (Å²) in [5.74, 6) is -1.25. The highest BCUT2D eigenvalue weighted by atomic mass is 16.5. The number of carboxylic acid groups (broad SMARTS) is 1. The molecule has 0 saturated carbocycles. The summed E-state index contributed by atoms with van der Waals surface area (Å²) in [6, 6.07) is 22.9. The van der Waals surface area contributed by atoms with Crippen LogP contribution in [0.4, 0.5) is 10.5 Å². The molecular weight excluding hydrogens is 420 g/mol. The molecular formula is C26H24N2O5. The van der Waals surface area contributed by atoms with Gasteiger partial charge in [-0.05, 0) is 39.9 Å². The van der Waals surface area contributed by atoms with Crippen LogP contribution in [-0.2, 0) is 20.7 Å². The summed E-state index contributed by atoms with van der Waals surface area (Å²) in [7, 11) is 0. The van der Waals surface area contributed by atoms with Gasteiger partial charge in [-0.1, -0.05) is 60.7 Å². The number of benzene rings is 3. The number of anilines is 1. The van der Waals surface area contributed by atoms with Gasteiger partial charge in [-0.15, -0.1) is 0 Å². The van der Waals surface area contributed by atoms with E-state index in [1.165, 1.54) is 0 Å². The quantitative estimate of drug-likeness (QED) is 0.483. The summed E-state index contributed by atoms with van der Waals surface area (Å²) >= 11 is 0. The van der Waals surface area contributed by atoms with Gasteiger partial charge in [-0.3, -0.25) is 9.59 Å². The molecule has 0 spiro atoms. The molecule has 0 saturated heterocycles. The first kappa shape index (κ1) is 22.1. The van der Waals surface area contributed by atoms with Crippen molar-refractivity contribution in [3.63, 3.8) is 0 Å². The molecule has 0 heterocycles. The van der Waals surface area contributed by atoms with Crippen molar-refractivity contribution in [1.29, 1.82) is 0 Å². The Morgan fingerprint density at radius 3 is 2.21 bits per heavy atom. The fourth-order valence-corrected chi connectivity index (χ4v) is 4.08. The number of hydrogen-bond acceptors (Lipinski definition) is 4. The molecule has 33 heavy (non-hydrogen) atoms. The van der Waals surface area contributed by atoms with E-state index in [1.54, 1.807) is 24.3 Å². The molecule has 1 aliphatic carbocycles. The van der Waals surface area contributed by atoms with Crippen LogP contribution in [0.2, 0.25) is 0 Å². The number of aliphatic carboxylic acids is 1. The van der Waals surface area contributed by atoms with E-state index in [2.05, 4.69) is 34.9 Å². The van der Waals surface area contributed by atoms with Crippen LogP contribution < -0.4 is 10.6 Å². The Bertz CT molecular complexity index is 1150. The predicted octanol–water partition coefficient (Wildman–Crippen LogP) is 4.18. The lowest BCUT2D eigenvalue weighted by Gasteiger charge is -2.14. The number of nitrogens with one attached hydrogen (secondary N) is 2. The summed E-state index contributed by atoms with van der Waals surface area (Å²) in [5.41, 5.74) is 5.70. The van der Waals surface area contributed by atoms with E-state index in [9.17, 15) is 14.4 Å². The van der Waals surface area contributed by atoms with Gasteiger partial charge in [0.25, 0.3) is 0 Å². The summed E-state index contributed by atoms with van der Waals surface area (Å²) in [6.07, 6.45) is -0.631. The molecule has 3 aromatic carbocycles. The monoisotopic (exact) mass is 444 g/mol. The van der Waals surface area contributed by atoms with Gasteiger partial charge in [0.15, 0.2) is 0 Å². The third kappa shape index (κ3) is 5.38. The van der Waals surface area contributed by atoms with E-state index in [-0.39, 0.29) is 37.8 Å². The summed E-state index contributed by atoms with van der Waals surface area (Å²) in [5, 5.41) is 14.2. The number of carbonyl (C=O) groups is 3. The molecule has 3 aromatic rings. The molecule has 0 bridgehead atoms. The van der Waals surface area contributed by atoms with Crippen LogP contribution in [-0.4, -0.2) is 36.2 Å². The maximum atomic E-state index is 12.2. The number of carboxylic acids is 1. The Labute approximate surface area is 191 Å². The molecule has 0 aromatic heterocycles. The average Bonchev–Trinajstić information content (AvgIpc) is 3.11. The highest BCUT2D eigenvalue weighted by Gasteiger charge is 2.28. The fraction of sp³-hybridized carbons (Fsp3) is 0.192. The van der Waals surface area contributed by atoms with Crippen molar-refractivity contribution in [2.45, 2.75) is 18.8 Å². The van der Waals surface area contributed by atoms with Crippen LogP contribution >= 0.6 is 0 Å². The second-order valence-corrected chi connectivity index (χ2v) is 7.82. The van der Waals surface area contributed by atoms with E-state index < -0.39 is 12.1 Å². The van der Waals surface area contributed by atoms with E-state index >= 15 is 0 Å². The fourth-order valence-electron chi connectivity index (χ4n) is 4.08. The molecule has 2 amide bonds. The molecule has 3 N–H and O–H groups in total. The van der Waals surface area contributed by atoms with Crippen molar-refractivity contribution in [2.75, 3.05) is 18.5 Å². The van der Waals surface area contributed by atoms with Crippen molar-refractivity contribution in [3.05, 3.63) is 89.5 Å². The molecule has 0 unspecified atom stereocenters. The zero-order valence-corrected chi connectivity index (χ0v) is 17.9. The molecule has 7 heteroatoms. The van der Waals surface area contributed by atoms with Crippen molar-refractivity contribution in [3.8, 4) is 11.1 Å². The van der Waals surface area contributed by atoms with Crippen molar-refractivity contribution in [2.24, 2.45) is 0 Å². The molecule has 7 nitrogen and oxygen atoms in total. The average molecular weight is 444 g/mol. The van der Waals surface area contributed by atoms with Gasteiger partial charge in [0, 0.05) is 24.6 Å². The number of alkyl carbamates (subject to hydrolysis) is 1. The zero-order valence-electron chi connectivity index (χ0n) is 17.9. The lowest BCUT2D eigenvalue weighted by Crippen LogP contribution is -2.29. The number of amides is 2. The molecule has 168 valence electrons. The Morgan fingerprint density at radius 2 is 1.55 bits per heavy atom. The van der Waals surface area contributed by atoms with Crippen LogP contribution in [0.15, 0.2) is 72.8 Å². The van der Waals surface area contributed by atoms with E-state index in [0.717, 1.165) is 22.3 Å². The van der Waals surface area contributed by atoms with E-state index in [0.29, 0.717) is 11.3 Å². The van der Waals surface area contributed by atoms with Crippen LogP contribution in [0.25, 0.3) is 11.1 Å². The zero-order chi connectivity index (χ0) is 23.2. The highest BCUT2D eigenvalue weighted by molar-refractivity contribution is 5.91. The van der Waals surface area contributed by atoms with E-state index in [1.807, 2.05) is 24.3 Å². The third-order valence-corrected chi connectivity index (χ3v) is 5.53. The lowest BCUT2D eigenvalue weighted by atomic mass is 9.98. The first-order valence-electron chi connectivity index (χ1n) is 10.7. The van der Waals surface area contributed by atoms with Gasteiger partial charge in [-0.2, -0.15) is 0 Å². The Balaban J connectivity index is 1.24. The first-order chi connectivity index (χ1) is 16.0. The maximum Gasteiger partial charge on any atom is 0.407 e. The van der Waals surface area contributed by atoms with Gasteiger partial charge in [0.05, 0.1) is 6.42 Å². The minimum absolute atomic E-state index is 0.0236. The summed E-state index contributed by atoms with van der Waals surface area (Å²) in [6.45, 7) is 0.333. The Kier molecular flexibility index (Phi) is 6.69. The molecule has 4 rings (SSSR count). The van der Waals surface area contributed by atoms with Crippen LogP contribution in [0, 0.1) is 0 Å². The van der Waals surface area contributed by atoms with Crippen LogP contribution in [0.1, 0.15) is 29.0 Å². The van der Waals surface area contributed by atoms with Gasteiger partial charge < -0.3 is 20.5 Å². The minimum atomic E-state index is -0.939. The van der Waals surface area contributed by atoms with Crippen molar-refractivity contribution < 1.29 is 24.2 Å². The lowest BCUT2D eigenvalue weighted by molar-refractivity contribution is -0.136. The number of rotatable bonds is 8. The predicted molar refractivity (Wildman–Crippen MR) is 124 cm³/mol. The number of fused-ring (bicyclic) bond motifs is 3. The van der Waals surface area contributed by atoms with Crippen molar-refractivity contribution in [1.82, 2.24) is 5.32 Å². The summed E-state index contributed by atoms with van der Waals surface area (Å²) in [4.78, 5) is 35.2. The molecule has 0 aliphatic heterocycles. The standard InChI is InChI=1S/C26H24N2O5/c29-24(28-18-7-5-6-17(14-18)15-25(30)31)12-13-27-26(32)33-16-23-21-10-3-1-8-19(21)20-9-2-4-11-22(20)23/h1-11,14,23H,12-13,15-16H2,(H,27,32)(H,28,29)(H,30,31). The van der Waals surface area contributed by atoms with Crippen LogP contribution in [0.3, 0.4) is 0 Å². The molecule has 0 fully saturated rings. The first-order valence-corrected chi connectivity index (χ1v) is 10.7. The molecule has 1 aliphatic rings. The highest BCUT2D eigenvalue weighted by Crippen LogP contribution is 2.44. The second kappa shape index (κ2) is 9.99. The minimum Gasteiger partial charge on any atom is -0.481 e. The topological polar surface area (TPSA) is 105 Å². The SMILES string of the molecule is O=C(O)Cc1cccc(NC(=O)CCNC(=O)OCC2c3ccccc3-c3ccccc32)c1. The number of hydrogen-bond donors (Lipinski definition) is 3. The maximum absolute atomic E-state index is 12.2. The number of carbonyl (C=O) groups excluding carboxylic acids is 2. The normalized spacial score (nSPS) is 11.9. The smallest absolute Gasteiger partial charge is 0.407 e. The second-order valence-electron chi connectivity index (χ2n) is 7.82.